The molecule has 0 fully saturated rings. The fourth-order valence-electron chi connectivity index (χ4n) is 0.451. The van der Waals surface area contributed by atoms with Gasteiger partial charge >= 0.3 is 0 Å². The quantitative estimate of drug-likeness (QED) is 0.511. The van der Waals surface area contributed by atoms with Crippen molar-refractivity contribution in [2.75, 3.05) is 0 Å². The maximum absolute atomic E-state index is 8.67. The van der Waals surface area contributed by atoms with Gasteiger partial charge in [-0.2, -0.15) is 5.26 Å². The second-order valence-corrected chi connectivity index (χ2v) is 1.35. The number of aromatic nitrogens is 1. The van der Waals surface area contributed by atoms with E-state index in [4.69, 9.17) is 10.4 Å². The summed E-state index contributed by atoms with van der Waals surface area (Å²) >= 11 is 0. The largest absolute Gasteiger partial charge is 0.494 e. The lowest BCUT2D eigenvalue weighted by molar-refractivity contribution is 0.455. The number of aromatic amines is 1. The van der Waals surface area contributed by atoms with E-state index in [0.717, 1.165) is 0 Å². The van der Waals surface area contributed by atoms with Crippen molar-refractivity contribution in [2.45, 2.75) is 0 Å². The van der Waals surface area contributed by atoms with E-state index < -0.39 is 0 Å². The van der Waals surface area contributed by atoms with Gasteiger partial charge in [0.1, 0.15) is 11.6 Å². The van der Waals surface area contributed by atoms with Crippen LogP contribution in [-0.2, 0) is 0 Å². The van der Waals surface area contributed by atoms with Crippen LogP contribution < -0.4 is 0 Å². The fourth-order valence-corrected chi connectivity index (χ4v) is 0.451. The molecule has 0 radical (unpaired) electrons. The van der Waals surface area contributed by atoms with E-state index in [2.05, 4.69) is 4.98 Å². The van der Waals surface area contributed by atoms with Crippen LogP contribution in [0.4, 0.5) is 0 Å². The van der Waals surface area contributed by atoms with Crippen LogP contribution in [0.25, 0.3) is 0 Å². The number of nitrogens with zero attached hydrogens (tertiary/aromatic N) is 1. The normalized spacial score (nSPS) is 8.38. The molecule has 1 aromatic rings. The summed E-state index contributed by atoms with van der Waals surface area (Å²) in [5.74, 6) is -0.0625. The highest BCUT2D eigenvalue weighted by atomic mass is 16.3. The smallest absolute Gasteiger partial charge is 0.206 e. The lowest BCUT2D eigenvalue weighted by atomic mass is 10.4. The lowest BCUT2D eigenvalue weighted by Gasteiger charge is -1.78. The summed E-state index contributed by atoms with van der Waals surface area (Å²) in [7, 11) is 0. The molecular weight excluding hydrogens is 104 g/mol. The Morgan fingerprint density at radius 2 is 2.50 bits per heavy atom. The van der Waals surface area contributed by atoms with Crippen molar-refractivity contribution in [3.8, 4) is 11.9 Å². The molecule has 0 saturated carbocycles. The van der Waals surface area contributed by atoms with E-state index in [1.807, 2.05) is 0 Å². The monoisotopic (exact) mass is 108 g/mol. The van der Waals surface area contributed by atoms with Gasteiger partial charge in [-0.1, -0.05) is 0 Å². The number of H-pyrrole nitrogens is 1. The molecule has 1 rings (SSSR count). The van der Waals surface area contributed by atoms with E-state index in [1.165, 1.54) is 12.3 Å². The van der Waals surface area contributed by atoms with Gasteiger partial charge in [-0.05, 0) is 6.07 Å². The maximum Gasteiger partial charge on any atom is 0.206 e. The molecule has 0 aliphatic heterocycles. The zero-order valence-electron chi connectivity index (χ0n) is 4.05. The molecule has 0 bridgehead atoms. The number of aromatic hydroxyl groups is 1. The molecule has 0 saturated heterocycles. The predicted octanol–water partition coefficient (Wildman–Crippen LogP) is 0.592. The van der Waals surface area contributed by atoms with Crippen molar-refractivity contribution in [3.05, 3.63) is 17.8 Å². The minimum absolute atomic E-state index is 0.0625. The van der Waals surface area contributed by atoms with Gasteiger partial charge in [0.05, 0.1) is 0 Å². The summed E-state index contributed by atoms with van der Waals surface area (Å²) in [5, 5.41) is 16.8. The third kappa shape index (κ3) is 0.521. The van der Waals surface area contributed by atoms with Crippen LogP contribution in [0.3, 0.4) is 0 Å². The Kier molecular flexibility index (Phi) is 0.935. The van der Waals surface area contributed by atoms with Crippen molar-refractivity contribution in [3.63, 3.8) is 0 Å². The molecular formula is C5H4N2O. The minimum Gasteiger partial charge on any atom is -0.494 e. The third-order valence-electron chi connectivity index (χ3n) is 0.846. The van der Waals surface area contributed by atoms with Gasteiger partial charge in [-0.3, -0.25) is 0 Å². The molecule has 2 N–H and O–H groups in total. The maximum atomic E-state index is 8.67. The van der Waals surface area contributed by atoms with Gasteiger partial charge in [-0.15, -0.1) is 0 Å². The van der Waals surface area contributed by atoms with Crippen LogP contribution in [-0.4, -0.2) is 10.1 Å². The van der Waals surface area contributed by atoms with E-state index in [0.29, 0.717) is 0 Å². The first kappa shape index (κ1) is 4.72. The summed E-state index contributed by atoms with van der Waals surface area (Å²) in [6.07, 6.45) is 1.51. The summed E-state index contributed by atoms with van der Waals surface area (Å²) in [5.41, 5.74) is 0.282. The molecule has 0 unspecified atom stereocenters. The summed E-state index contributed by atoms with van der Waals surface area (Å²) in [6.45, 7) is 0. The highest BCUT2D eigenvalue weighted by Gasteiger charge is 1.95. The molecule has 8 heavy (non-hydrogen) atoms. The summed E-state index contributed by atoms with van der Waals surface area (Å²) < 4.78 is 0. The van der Waals surface area contributed by atoms with Crippen molar-refractivity contribution in [1.82, 2.24) is 4.98 Å². The van der Waals surface area contributed by atoms with Crippen molar-refractivity contribution in [2.24, 2.45) is 0 Å². The second-order valence-electron chi connectivity index (χ2n) is 1.35. The van der Waals surface area contributed by atoms with Crippen LogP contribution >= 0.6 is 0 Å². The van der Waals surface area contributed by atoms with Crippen molar-refractivity contribution in [1.29, 1.82) is 5.26 Å². The Morgan fingerprint density at radius 1 is 1.75 bits per heavy atom. The summed E-state index contributed by atoms with van der Waals surface area (Å²) in [4.78, 5) is 2.45. The van der Waals surface area contributed by atoms with Crippen LogP contribution in [0.5, 0.6) is 5.88 Å². The molecule has 0 aromatic carbocycles. The molecule has 40 valence electrons. The average Bonchev–Trinajstić information content (AvgIpc) is 2.14. The number of rotatable bonds is 0. The van der Waals surface area contributed by atoms with Gasteiger partial charge in [0.2, 0.25) is 5.88 Å². The molecule has 0 atom stereocenters. The fraction of sp³-hybridized carbons (Fsp3) is 0. The third-order valence-corrected chi connectivity index (χ3v) is 0.846. The molecule has 3 nitrogen and oxygen atoms in total. The van der Waals surface area contributed by atoms with Gasteiger partial charge in [0, 0.05) is 6.20 Å². The van der Waals surface area contributed by atoms with Gasteiger partial charge < -0.3 is 10.1 Å². The number of nitrogens with one attached hydrogen (secondary N) is 1. The summed E-state index contributed by atoms with van der Waals surface area (Å²) in [6, 6.07) is 3.30. The second kappa shape index (κ2) is 1.58. The molecule has 0 spiro atoms. The molecule has 0 aliphatic rings. The van der Waals surface area contributed by atoms with Crippen LogP contribution in [0.15, 0.2) is 12.3 Å². The van der Waals surface area contributed by atoms with E-state index in [1.54, 1.807) is 6.07 Å². The highest BCUT2D eigenvalue weighted by Crippen LogP contribution is 2.09. The predicted molar refractivity (Wildman–Crippen MR) is 27.2 cm³/mol. The van der Waals surface area contributed by atoms with Crippen molar-refractivity contribution >= 4 is 0 Å². The molecule has 0 aliphatic carbocycles. The van der Waals surface area contributed by atoms with Crippen LogP contribution in [0.1, 0.15) is 5.56 Å². The molecule has 0 amide bonds. The van der Waals surface area contributed by atoms with E-state index in [9.17, 15) is 0 Å². The van der Waals surface area contributed by atoms with Crippen LogP contribution in [0, 0.1) is 11.3 Å². The van der Waals surface area contributed by atoms with Gasteiger partial charge in [-0.25, -0.2) is 0 Å². The highest BCUT2D eigenvalue weighted by molar-refractivity contribution is 5.36. The van der Waals surface area contributed by atoms with Crippen LogP contribution in [0.2, 0.25) is 0 Å². The molecule has 3 heteroatoms. The standard InChI is InChI=1S/C5H4N2O/c6-3-4-1-2-7-5(4)8/h1-2,7-8H. The SMILES string of the molecule is N#Cc1cc[nH]c1O. The van der Waals surface area contributed by atoms with Gasteiger partial charge in [0.15, 0.2) is 0 Å². The Bertz CT molecular complexity index is 221. The number of nitriles is 1. The Morgan fingerprint density at radius 3 is 2.75 bits per heavy atom. The number of hydrogen-bond donors (Lipinski definition) is 2. The Balaban J connectivity index is 3.15. The Hall–Kier alpha value is -1.43. The lowest BCUT2D eigenvalue weighted by Crippen LogP contribution is -1.64. The topological polar surface area (TPSA) is 59.8 Å². The number of hydrogen-bond acceptors (Lipinski definition) is 2. The van der Waals surface area contributed by atoms with E-state index >= 15 is 0 Å². The van der Waals surface area contributed by atoms with Gasteiger partial charge in [0.25, 0.3) is 0 Å². The zero-order valence-corrected chi connectivity index (χ0v) is 4.05. The minimum atomic E-state index is -0.0625. The van der Waals surface area contributed by atoms with E-state index in [-0.39, 0.29) is 11.4 Å². The first-order chi connectivity index (χ1) is 3.84. The molecule has 1 aromatic heterocycles. The average molecular weight is 108 g/mol. The molecule has 1 heterocycles. The first-order valence-corrected chi connectivity index (χ1v) is 2.11. The zero-order chi connectivity index (χ0) is 5.98. The van der Waals surface area contributed by atoms with Crippen molar-refractivity contribution < 1.29 is 5.11 Å². The Labute approximate surface area is 46.2 Å². The first-order valence-electron chi connectivity index (χ1n) is 2.11.